The summed E-state index contributed by atoms with van der Waals surface area (Å²) in [7, 11) is 0. The number of thioether (sulfide) groups is 1. The summed E-state index contributed by atoms with van der Waals surface area (Å²) in [6.45, 7) is 2.79. The van der Waals surface area contributed by atoms with E-state index in [1.807, 2.05) is 24.3 Å². The first-order chi connectivity index (χ1) is 14.2. The SMILES string of the molecule is CSc1ccc(CNC(=O)C2=CNC3C(=C2)OCCN3Cc2ccccc2)cc1. The number of ether oxygens (including phenoxy) is 1. The van der Waals surface area contributed by atoms with Crippen LogP contribution in [0.15, 0.2) is 83.1 Å². The number of nitrogens with one attached hydrogen (secondary N) is 2. The molecule has 5 nitrogen and oxygen atoms in total. The standard InChI is InChI=1S/C23H25N3O2S/c1-29-20-9-7-17(8-10-20)14-25-23(27)19-13-21-22(24-15-19)26(11-12-28-21)16-18-5-3-2-4-6-18/h2-10,13,15,22,24H,11-12,14,16H2,1H3,(H,25,27). The Balaban J connectivity index is 1.36. The Morgan fingerprint density at radius 3 is 2.72 bits per heavy atom. The van der Waals surface area contributed by atoms with Gasteiger partial charge in [0.2, 0.25) is 0 Å². The van der Waals surface area contributed by atoms with Crippen LogP contribution >= 0.6 is 11.8 Å². The third kappa shape index (κ3) is 4.83. The topological polar surface area (TPSA) is 53.6 Å². The molecule has 0 aliphatic carbocycles. The predicted octanol–water partition coefficient (Wildman–Crippen LogP) is 3.25. The fourth-order valence-corrected chi connectivity index (χ4v) is 3.90. The molecule has 0 aromatic heterocycles. The van der Waals surface area contributed by atoms with E-state index in [9.17, 15) is 4.79 Å². The summed E-state index contributed by atoms with van der Waals surface area (Å²) in [6, 6.07) is 18.6. The average Bonchev–Trinajstić information content (AvgIpc) is 2.78. The smallest absolute Gasteiger partial charge is 0.253 e. The predicted molar refractivity (Wildman–Crippen MR) is 116 cm³/mol. The second-order valence-corrected chi connectivity index (χ2v) is 7.93. The summed E-state index contributed by atoms with van der Waals surface area (Å²) in [5, 5.41) is 6.33. The fraction of sp³-hybridized carbons (Fsp3) is 0.261. The highest BCUT2D eigenvalue weighted by molar-refractivity contribution is 7.98. The first-order valence-corrected chi connectivity index (χ1v) is 10.9. The van der Waals surface area contributed by atoms with Crippen LogP contribution in [-0.4, -0.2) is 36.4 Å². The molecule has 0 saturated carbocycles. The largest absolute Gasteiger partial charge is 0.493 e. The van der Waals surface area contributed by atoms with Crippen LogP contribution < -0.4 is 10.6 Å². The minimum Gasteiger partial charge on any atom is -0.493 e. The summed E-state index contributed by atoms with van der Waals surface area (Å²) >= 11 is 1.71. The van der Waals surface area contributed by atoms with Gasteiger partial charge in [-0.3, -0.25) is 9.69 Å². The monoisotopic (exact) mass is 407 g/mol. The number of benzene rings is 2. The Morgan fingerprint density at radius 1 is 1.17 bits per heavy atom. The minimum absolute atomic E-state index is 0.0420. The highest BCUT2D eigenvalue weighted by atomic mass is 32.2. The number of hydrogen-bond donors (Lipinski definition) is 2. The minimum atomic E-state index is -0.110. The van der Waals surface area contributed by atoms with Gasteiger partial charge >= 0.3 is 0 Å². The van der Waals surface area contributed by atoms with E-state index in [1.165, 1.54) is 10.5 Å². The number of amides is 1. The third-order valence-corrected chi connectivity index (χ3v) is 5.82. The molecule has 2 aliphatic rings. The second kappa shape index (κ2) is 9.20. The second-order valence-electron chi connectivity index (χ2n) is 7.05. The molecule has 2 heterocycles. The van der Waals surface area contributed by atoms with Crippen LogP contribution in [0.5, 0.6) is 0 Å². The van der Waals surface area contributed by atoms with E-state index in [1.54, 1.807) is 18.0 Å². The van der Waals surface area contributed by atoms with Gasteiger partial charge in [0.15, 0.2) is 0 Å². The summed E-state index contributed by atoms with van der Waals surface area (Å²) < 4.78 is 5.85. The molecule has 0 bridgehead atoms. The van der Waals surface area contributed by atoms with Gasteiger partial charge in [-0.05, 0) is 35.6 Å². The molecular weight excluding hydrogens is 382 g/mol. The number of dihydropyridines is 1. The Kier molecular flexibility index (Phi) is 6.22. The number of carbonyl (C=O) groups excluding carboxylic acids is 1. The number of morpholine rings is 1. The van der Waals surface area contributed by atoms with E-state index >= 15 is 0 Å². The van der Waals surface area contributed by atoms with E-state index in [0.29, 0.717) is 18.7 Å². The van der Waals surface area contributed by atoms with E-state index < -0.39 is 0 Å². The van der Waals surface area contributed by atoms with Crippen molar-refractivity contribution in [2.45, 2.75) is 24.2 Å². The Morgan fingerprint density at radius 2 is 1.97 bits per heavy atom. The number of nitrogens with zero attached hydrogens (tertiary/aromatic N) is 1. The maximum atomic E-state index is 12.6. The molecular formula is C23H25N3O2S. The summed E-state index contributed by atoms with van der Waals surface area (Å²) in [4.78, 5) is 16.1. The Labute approximate surface area is 175 Å². The summed E-state index contributed by atoms with van der Waals surface area (Å²) in [6.07, 6.45) is 5.64. The van der Waals surface area contributed by atoms with Crippen molar-refractivity contribution >= 4 is 17.7 Å². The van der Waals surface area contributed by atoms with Gasteiger partial charge in [0, 0.05) is 30.7 Å². The molecule has 1 fully saturated rings. The van der Waals surface area contributed by atoms with E-state index in [-0.39, 0.29) is 12.1 Å². The highest BCUT2D eigenvalue weighted by Crippen LogP contribution is 2.23. The Bertz CT molecular complexity index is 909. The lowest BCUT2D eigenvalue weighted by atomic mass is 10.1. The molecule has 2 N–H and O–H groups in total. The summed E-state index contributed by atoms with van der Waals surface area (Å²) in [5.74, 6) is 0.685. The molecule has 2 aliphatic heterocycles. The van der Waals surface area contributed by atoms with Crippen LogP contribution in [0, 0.1) is 0 Å². The third-order valence-electron chi connectivity index (χ3n) is 5.08. The van der Waals surface area contributed by atoms with Gasteiger partial charge in [0.25, 0.3) is 5.91 Å². The van der Waals surface area contributed by atoms with Crippen LogP contribution in [-0.2, 0) is 22.6 Å². The molecule has 1 atom stereocenters. The molecule has 2 aromatic rings. The molecule has 2 aromatic carbocycles. The van der Waals surface area contributed by atoms with E-state index in [0.717, 1.165) is 24.4 Å². The van der Waals surface area contributed by atoms with Gasteiger partial charge in [-0.1, -0.05) is 42.5 Å². The Hall–Kier alpha value is -2.70. The molecule has 0 spiro atoms. The van der Waals surface area contributed by atoms with Crippen LogP contribution in [0.3, 0.4) is 0 Å². The van der Waals surface area contributed by atoms with Gasteiger partial charge in [-0.25, -0.2) is 0 Å². The molecule has 150 valence electrons. The van der Waals surface area contributed by atoms with Crippen molar-refractivity contribution in [1.29, 1.82) is 0 Å². The lowest BCUT2D eigenvalue weighted by Crippen LogP contribution is -2.51. The maximum absolute atomic E-state index is 12.6. The van der Waals surface area contributed by atoms with Crippen molar-refractivity contribution in [2.24, 2.45) is 0 Å². The van der Waals surface area contributed by atoms with Crippen LogP contribution in [0.25, 0.3) is 0 Å². The molecule has 0 radical (unpaired) electrons. The maximum Gasteiger partial charge on any atom is 0.253 e. The molecule has 1 saturated heterocycles. The molecule has 4 rings (SSSR count). The van der Waals surface area contributed by atoms with Gasteiger partial charge < -0.3 is 15.4 Å². The number of rotatable bonds is 6. The number of fused-ring (bicyclic) bond motifs is 1. The molecule has 1 amide bonds. The molecule has 1 unspecified atom stereocenters. The molecule has 6 heteroatoms. The average molecular weight is 408 g/mol. The molecule has 29 heavy (non-hydrogen) atoms. The summed E-state index contributed by atoms with van der Waals surface area (Å²) in [5.41, 5.74) is 2.92. The normalized spacial score (nSPS) is 18.6. The first kappa shape index (κ1) is 19.6. The highest BCUT2D eigenvalue weighted by Gasteiger charge is 2.30. The van der Waals surface area contributed by atoms with Crippen molar-refractivity contribution in [1.82, 2.24) is 15.5 Å². The van der Waals surface area contributed by atoms with E-state index in [2.05, 4.69) is 58.2 Å². The van der Waals surface area contributed by atoms with Crippen molar-refractivity contribution in [3.8, 4) is 0 Å². The van der Waals surface area contributed by atoms with Crippen LogP contribution in [0.4, 0.5) is 0 Å². The van der Waals surface area contributed by atoms with Crippen molar-refractivity contribution in [3.63, 3.8) is 0 Å². The van der Waals surface area contributed by atoms with Crippen LogP contribution in [0.1, 0.15) is 11.1 Å². The van der Waals surface area contributed by atoms with Gasteiger partial charge in [0.1, 0.15) is 18.5 Å². The lowest BCUT2D eigenvalue weighted by molar-refractivity contribution is -0.117. The van der Waals surface area contributed by atoms with Crippen molar-refractivity contribution in [2.75, 3.05) is 19.4 Å². The van der Waals surface area contributed by atoms with Crippen molar-refractivity contribution in [3.05, 3.63) is 89.3 Å². The fourth-order valence-electron chi connectivity index (χ4n) is 3.49. The van der Waals surface area contributed by atoms with Crippen molar-refractivity contribution < 1.29 is 9.53 Å². The van der Waals surface area contributed by atoms with Crippen LogP contribution in [0.2, 0.25) is 0 Å². The zero-order valence-corrected chi connectivity index (χ0v) is 17.2. The van der Waals surface area contributed by atoms with E-state index in [4.69, 9.17) is 4.74 Å². The quantitative estimate of drug-likeness (QED) is 0.720. The van der Waals surface area contributed by atoms with Gasteiger partial charge in [-0.2, -0.15) is 0 Å². The first-order valence-electron chi connectivity index (χ1n) is 9.72. The lowest BCUT2D eigenvalue weighted by Gasteiger charge is -2.39. The zero-order chi connectivity index (χ0) is 20.1. The zero-order valence-electron chi connectivity index (χ0n) is 16.4. The number of hydrogen-bond acceptors (Lipinski definition) is 5. The number of carbonyl (C=O) groups is 1. The van der Waals surface area contributed by atoms with Gasteiger partial charge in [0.05, 0.1) is 5.57 Å². The van der Waals surface area contributed by atoms with Gasteiger partial charge in [-0.15, -0.1) is 11.8 Å².